The van der Waals surface area contributed by atoms with E-state index in [1.54, 1.807) is 24.4 Å². The van der Waals surface area contributed by atoms with Crippen molar-refractivity contribution in [1.82, 2.24) is 10.3 Å². The molecule has 5 nitrogen and oxygen atoms in total. The van der Waals surface area contributed by atoms with Crippen LogP contribution in [0.3, 0.4) is 0 Å². The third kappa shape index (κ3) is 4.71. The molecular weight excluding hydrogens is 242 g/mol. The van der Waals surface area contributed by atoms with E-state index in [0.29, 0.717) is 25.2 Å². The zero-order valence-corrected chi connectivity index (χ0v) is 11.3. The molecule has 0 aromatic carbocycles. The minimum atomic E-state index is -0.113. The van der Waals surface area contributed by atoms with Crippen LogP contribution < -0.4 is 10.2 Å². The van der Waals surface area contributed by atoms with Gasteiger partial charge in [0, 0.05) is 25.8 Å². The average Bonchev–Trinajstić information content (AvgIpc) is 2.44. The first-order valence-corrected chi connectivity index (χ1v) is 6.43. The molecule has 0 radical (unpaired) electrons. The summed E-state index contributed by atoms with van der Waals surface area (Å²) in [6.07, 6.45) is 4.20. The van der Waals surface area contributed by atoms with Crippen LogP contribution in [0.5, 0.6) is 0 Å². The minimum absolute atomic E-state index is 0.0499. The zero-order chi connectivity index (χ0) is 14.1. The quantitative estimate of drug-likeness (QED) is 0.692. The predicted octanol–water partition coefficient (Wildman–Crippen LogP) is 1.21. The van der Waals surface area contributed by atoms with Crippen molar-refractivity contribution < 1.29 is 9.90 Å². The monoisotopic (exact) mass is 263 g/mol. The number of aliphatic hydroxyl groups is 1. The molecule has 0 saturated carbocycles. The van der Waals surface area contributed by atoms with Crippen molar-refractivity contribution in [2.24, 2.45) is 0 Å². The molecule has 0 atom stereocenters. The molecule has 104 valence electrons. The van der Waals surface area contributed by atoms with Crippen LogP contribution in [0.2, 0.25) is 0 Å². The summed E-state index contributed by atoms with van der Waals surface area (Å²) in [5, 5.41) is 11.8. The fourth-order valence-corrected chi connectivity index (χ4v) is 1.62. The van der Waals surface area contributed by atoms with Crippen molar-refractivity contribution >= 4 is 11.7 Å². The molecule has 1 rings (SSSR count). The van der Waals surface area contributed by atoms with Gasteiger partial charge in [-0.15, -0.1) is 6.58 Å². The van der Waals surface area contributed by atoms with Gasteiger partial charge in [0.1, 0.15) is 5.82 Å². The van der Waals surface area contributed by atoms with Gasteiger partial charge in [0.2, 0.25) is 0 Å². The smallest absolute Gasteiger partial charge is 0.252 e. The summed E-state index contributed by atoms with van der Waals surface area (Å²) in [4.78, 5) is 17.9. The van der Waals surface area contributed by atoms with E-state index in [0.717, 1.165) is 12.2 Å². The van der Waals surface area contributed by atoms with E-state index < -0.39 is 0 Å². The molecule has 0 aliphatic rings. The number of amides is 1. The molecule has 0 aliphatic carbocycles. The second-order valence-corrected chi connectivity index (χ2v) is 4.12. The van der Waals surface area contributed by atoms with Gasteiger partial charge in [-0.2, -0.15) is 0 Å². The Bertz CT molecular complexity index is 404. The first-order chi connectivity index (χ1) is 9.22. The van der Waals surface area contributed by atoms with Gasteiger partial charge in [-0.05, 0) is 18.6 Å². The number of hydrogen-bond donors (Lipinski definition) is 2. The Hall–Kier alpha value is -1.88. The average molecular weight is 263 g/mol. The number of nitrogens with one attached hydrogen (secondary N) is 1. The second kappa shape index (κ2) is 8.26. The number of anilines is 1. The summed E-state index contributed by atoms with van der Waals surface area (Å²) in [7, 11) is 0. The lowest BCUT2D eigenvalue weighted by Gasteiger charge is -2.20. The highest BCUT2D eigenvalue weighted by atomic mass is 16.3. The summed E-state index contributed by atoms with van der Waals surface area (Å²) in [5.41, 5.74) is 0.541. The topological polar surface area (TPSA) is 65.5 Å². The predicted molar refractivity (Wildman–Crippen MR) is 76.4 cm³/mol. The van der Waals surface area contributed by atoms with E-state index in [2.05, 4.69) is 16.9 Å². The van der Waals surface area contributed by atoms with Gasteiger partial charge in [-0.25, -0.2) is 4.98 Å². The van der Waals surface area contributed by atoms with Crippen LogP contribution >= 0.6 is 0 Å². The summed E-state index contributed by atoms with van der Waals surface area (Å²) in [6, 6.07) is 3.51. The molecule has 0 fully saturated rings. The van der Waals surface area contributed by atoms with Crippen LogP contribution in [-0.4, -0.2) is 42.2 Å². The van der Waals surface area contributed by atoms with E-state index >= 15 is 0 Å². The van der Waals surface area contributed by atoms with Crippen LogP contribution in [0.4, 0.5) is 5.82 Å². The fraction of sp³-hybridized carbons (Fsp3) is 0.429. The number of rotatable bonds is 8. The minimum Gasteiger partial charge on any atom is -0.395 e. The van der Waals surface area contributed by atoms with E-state index in [1.165, 1.54) is 0 Å². The summed E-state index contributed by atoms with van der Waals surface area (Å²) in [5.74, 6) is 0.610. The van der Waals surface area contributed by atoms with Crippen molar-refractivity contribution in [2.75, 3.05) is 31.1 Å². The van der Waals surface area contributed by atoms with Crippen molar-refractivity contribution in [2.45, 2.75) is 13.3 Å². The second-order valence-electron chi connectivity index (χ2n) is 4.12. The summed E-state index contributed by atoms with van der Waals surface area (Å²) in [6.45, 7) is 7.48. The zero-order valence-electron chi connectivity index (χ0n) is 11.3. The van der Waals surface area contributed by atoms with Crippen molar-refractivity contribution in [3.63, 3.8) is 0 Å². The van der Waals surface area contributed by atoms with Crippen LogP contribution in [0.1, 0.15) is 23.7 Å². The van der Waals surface area contributed by atoms with Crippen molar-refractivity contribution in [3.05, 3.63) is 36.5 Å². The first kappa shape index (κ1) is 15.2. The normalized spacial score (nSPS) is 10.0. The highest BCUT2D eigenvalue weighted by molar-refractivity contribution is 5.94. The van der Waals surface area contributed by atoms with Gasteiger partial charge in [-0.1, -0.05) is 13.0 Å². The number of pyridine rings is 1. The molecule has 0 saturated heterocycles. The number of carbonyl (C=O) groups is 1. The Morgan fingerprint density at radius 3 is 2.89 bits per heavy atom. The van der Waals surface area contributed by atoms with Gasteiger partial charge in [-0.3, -0.25) is 4.79 Å². The molecule has 5 heteroatoms. The van der Waals surface area contributed by atoms with E-state index in [4.69, 9.17) is 5.11 Å². The molecule has 1 heterocycles. The maximum atomic E-state index is 11.7. The number of aromatic nitrogens is 1. The van der Waals surface area contributed by atoms with Crippen LogP contribution in [0, 0.1) is 0 Å². The Labute approximate surface area is 114 Å². The van der Waals surface area contributed by atoms with Gasteiger partial charge >= 0.3 is 0 Å². The summed E-state index contributed by atoms with van der Waals surface area (Å²) < 4.78 is 0. The molecule has 0 spiro atoms. The lowest BCUT2D eigenvalue weighted by molar-refractivity contribution is 0.0953. The number of aliphatic hydroxyl groups excluding tert-OH is 1. The van der Waals surface area contributed by atoms with Gasteiger partial charge in [0.25, 0.3) is 5.91 Å². The lowest BCUT2D eigenvalue weighted by atomic mass is 10.2. The Morgan fingerprint density at radius 1 is 1.58 bits per heavy atom. The molecule has 1 aromatic heterocycles. The number of carbonyl (C=O) groups excluding carboxylic acids is 1. The van der Waals surface area contributed by atoms with E-state index in [-0.39, 0.29) is 12.5 Å². The van der Waals surface area contributed by atoms with E-state index in [9.17, 15) is 4.79 Å². The molecular formula is C14H21N3O2. The Balaban J connectivity index is 2.73. The molecule has 2 N–H and O–H groups in total. The first-order valence-electron chi connectivity index (χ1n) is 6.43. The van der Waals surface area contributed by atoms with Crippen molar-refractivity contribution in [3.8, 4) is 0 Å². The van der Waals surface area contributed by atoms with Crippen LogP contribution in [0.25, 0.3) is 0 Å². The van der Waals surface area contributed by atoms with Gasteiger partial charge in [0.15, 0.2) is 0 Å². The molecule has 19 heavy (non-hydrogen) atoms. The number of nitrogens with zero attached hydrogens (tertiary/aromatic N) is 2. The standard InChI is InChI=1S/C14H21N3O2/c1-3-7-15-14(19)12-5-6-13(16-11-12)17(8-4-2)9-10-18/h4-6,11,18H,2-3,7-10H2,1H3,(H,15,19). The molecule has 1 amide bonds. The Morgan fingerprint density at radius 2 is 2.37 bits per heavy atom. The molecule has 1 aromatic rings. The van der Waals surface area contributed by atoms with Crippen molar-refractivity contribution in [1.29, 1.82) is 0 Å². The highest BCUT2D eigenvalue weighted by Crippen LogP contribution is 2.11. The van der Waals surface area contributed by atoms with Gasteiger partial charge in [0.05, 0.1) is 12.2 Å². The summed E-state index contributed by atoms with van der Waals surface area (Å²) >= 11 is 0. The van der Waals surface area contributed by atoms with Crippen LogP contribution in [0.15, 0.2) is 31.0 Å². The number of hydrogen-bond acceptors (Lipinski definition) is 4. The fourth-order valence-electron chi connectivity index (χ4n) is 1.62. The van der Waals surface area contributed by atoms with Crippen LogP contribution in [-0.2, 0) is 0 Å². The van der Waals surface area contributed by atoms with Gasteiger partial charge < -0.3 is 15.3 Å². The lowest BCUT2D eigenvalue weighted by Crippen LogP contribution is -2.28. The molecule has 0 unspecified atom stereocenters. The largest absolute Gasteiger partial charge is 0.395 e. The third-order valence-electron chi connectivity index (χ3n) is 2.59. The maximum absolute atomic E-state index is 11.7. The highest BCUT2D eigenvalue weighted by Gasteiger charge is 2.08. The third-order valence-corrected chi connectivity index (χ3v) is 2.59. The SMILES string of the molecule is C=CCN(CCO)c1ccc(C(=O)NCCC)cn1. The Kier molecular flexibility index (Phi) is 6.60. The molecule has 0 bridgehead atoms. The molecule has 0 aliphatic heterocycles. The van der Waals surface area contributed by atoms with E-state index in [1.807, 2.05) is 11.8 Å². The maximum Gasteiger partial charge on any atom is 0.252 e.